The van der Waals surface area contributed by atoms with Gasteiger partial charge in [0.1, 0.15) is 5.71 Å². The molecule has 4 rings (SSSR count). The van der Waals surface area contributed by atoms with Gasteiger partial charge in [-0.2, -0.15) is 5.10 Å². The molecule has 1 aromatic carbocycles. The fourth-order valence-electron chi connectivity index (χ4n) is 3.74. The molecule has 148 valence electrons. The molecule has 3 aliphatic rings. The van der Waals surface area contributed by atoms with Gasteiger partial charge in [-0.25, -0.2) is 5.01 Å². The van der Waals surface area contributed by atoms with Crippen molar-refractivity contribution in [3.63, 3.8) is 0 Å². The van der Waals surface area contributed by atoms with E-state index in [2.05, 4.69) is 5.10 Å². The monoisotopic (exact) mass is 382 g/mol. The van der Waals surface area contributed by atoms with E-state index in [9.17, 15) is 14.4 Å². The Bertz CT molecular complexity index is 851. The van der Waals surface area contributed by atoms with Crippen molar-refractivity contribution in [1.29, 1.82) is 0 Å². The van der Waals surface area contributed by atoms with E-state index in [-0.39, 0.29) is 30.1 Å². The molecule has 0 radical (unpaired) electrons. The molecule has 0 bridgehead atoms. The molecule has 1 saturated heterocycles. The maximum atomic E-state index is 13.0. The molecule has 0 atom stereocenters. The number of amides is 3. The number of hydrazone groups is 1. The largest absolute Gasteiger partial charge is 0.339 e. The van der Waals surface area contributed by atoms with Crippen LogP contribution in [0.1, 0.15) is 36.8 Å². The highest BCUT2D eigenvalue weighted by atomic mass is 16.2. The summed E-state index contributed by atoms with van der Waals surface area (Å²) in [7, 11) is 0. The van der Waals surface area contributed by atoms with Crippen LogP contribution in [0, 0.1) is 19.8 Å². The molecule has 3 amide bonds. The second-order valence-corrected chi connectivity index (χ2v) is 7.93. The first kappa shape index (κ1) is 18.7. The van der Waals surface area contributed by atoms with Crippen LogP contribution in [-0.2, 0) is 14.4 Å². The number of anilines is 1. The maximum absolute atomic E-state index is 13.0. The second-order valence-electron chi connectivity index (χ2n) is 7.93. The predicted molar refractivity (Wildman–Crippen MR) is 106 cm³/mol. The Morgan fingerprint density at radius 2 is 1.68 bits per heavy atom. The minimum Gasteiger partial charge on any atom is -0.339 e. The van der Waals surface area contributed by atoms with Crippen molar-refractivity contribution < 1.29 is 14.4 Å². The zero-order valence-electron chi connectivity index (χ0n) is 16.5. The van der Waals surface area contributed by atoms with Crippen LogP contribution in [0.5, 0.6) is 0 Å². The summed E-state index contributed by atoms with van der Waals surface area (Å²) >= 11 is 0. The molecule has 1 saturated carbocycles. The van der Waals surface area contributed by atoms with Gasteiger partial charge in [0, 0.05) is 44.9 Å². The summed E-state index contributed by atoms with van der Waals surface area (Å²) in [6.07, 6.45) is 2.63. The molecular weight excluding hydrogens is 356 g/mol. The highest BCUT2D eigenvalue weighted by molar-refractivity contribution is 6.40. The summed E-state index contributed by atoms with van der Waals surface area (Å²) in [5.41, 5.74) is 3.14. The maximum Gasteiger partial charge on any atom is 0.270 e. The molecule has 2 heterocycles. The Kier molecular flexibility index (Phi) is 4.91. The summed E-state index contributed by atoms with van der Waals surface area (Å²) in [6, 6.07) is 5.87. The first-order chi connectivity index (χ1) is 13.4. The molecule has 28 heavy (non-hydrogen) atoms. The lowest BCUT2D eigenvalue weighted by Gasteiger charge is -2.35. The van der Waals surface area contributed by atoms with Gasteiger partial charge in [0.05, 0.1) is 5.69 Å². The third kappa shape index (κ3) is 3.66. The van der Waals surface area contributed by atoms with Crippen molar-refractivity contribution in [3.8, 4) is 0 Å². The number of hydrogen-bond donors (Lipinski definition) is 0. The summed E-state index contributed by atoms with van der Waals surface area (Å²) in [5.74, 6) is 0.224. The number of nitrogens with zero attached hydrogens (tertiary/aromatic N) is 4. The summed E-state index contributed by atoms with van der Waals surface area (Å²) < 4.78 is 0. The molecule has 0 spiro atoms. The van der Waals surface area contributed by atoms with Gasteiger partial charge in [-0.15, -0.1) is 0 Å². The normalized spacial score (nSPS) is 20.3. The van der Waals surface area contributed by atoms with Gasteiger partial charge in [-0.1, -0.05) is 12.1 Å². The quantitative estimate of drug-likeness (QED) is 0.801. The molecule has 7 nitrogen and oxygen atoms in total. The van der Waals surface area contributed by atoms with Crippen molar-refractivity contribution in [2.45, 2.75) is 39.5 Å². The first-order valence-electron chi connectivity index (χ1n) is 10.00. The Balaban J connectivity index is 1.47. The van der Waals surface area contributed by atoms with E-state index in [0.29, 0.717) is 38.3 Å². The average Bonchev–Trinajstić information content (AvgIpc) is 3.55. The minimum absolute atomic E-state index is 0.0925. The third-order valence-electron chi connectivity index (χ3n) is 5.68. The average molecular weight is 382 g/mol. The highest BCUT2D eigenvalue weighted by Gasteiger charge is 2.36. The molecule has 2 aliphatic heterocycles. The predicted octanol–water partition coefficient (Wildman–Crippen LogP) is 1.87. The van der Waals surface area contributed by atoms with Crippen LogP contribution in [0.15, 0.2) is 23.3 Å². The lowest BCUT2D eigenvalue weighted by molar-refractivity contribution is -0.137. The van der Waals surface area contributed by atoms with Gasteiger partial charge in [0.2, 0.25) is 11.8 Å². The Labute approximate surface area is 165 Å². The fourth-order valence-corrected chi connectivity index (χ4v) is 3.74. The topological polar surface area (TPSA) is 73.3 Å². The Morgan fingerprint density at radius 1 is 1.00 bits per heavy atom. The number of hydrogen-bond acceptors (Lipinski definition) is 4. The van der Waals surface area contributed by atoms with Crippen molar-refractivity contribution in [2.24, 2.45) is 11.0 Å². The number of rotatable bonds is 3. The summed E-state index contributed by atoms with van der Waals surface area (Å²) in [6.45, 7) is 6.10. The molecule has 0 unspecified atom stereocenters. The smallest absolute Gasteiger partial charge is 0.270 e. The van der Waals surface area contributed by atoms with E-state index in [1.807, 2.05) is 36.9 Å². The van der Waals surface area contributed by atoms with Gasteiger partial charge >= 0.3 is 0 Å². The van der Waals surface area contributed by atoms with Gasteiger partial charge in [0.25, 0.3) is 5.91 Å². The Hall–Kier alpha value is -2.70. The van der Waals surface area contributed by atoms with Gasteiger partial charge < -0.3 is 9.80 Å². The summed E-state index contributed by atoms with van der Waals surface area (Å²) in [5, 5.41) is 5.81. The number of piperazine rings is 1. The van der Waals surface area contributed by atoms with Crippen LogP contribution >= 0.6 is 0 Å². The lowest BCUT2D eigenvalue weighted by atomic mass is 10.1. The van der Waals surface area contributed by atoms with Crippen molar-refractivity contribution in [2.75, 3.05) is 31.2 Å². The molecule has 7 heteroatoms. The molecule has 1 aliphatic carbocycles. The lowest BCUT2D eigenvalue weighted by Crippen LogP contribution is -2.53. The Morgan fingerprint density at radius 3 is 2.36 bits per heavy atom. The molecule has 2 fully saturated rings. The van der Waals surface area contributed by atoms with E-state index in [1.165, 1.54) is 5.01 Å². The van der Waals surface area contributed by atoms with Gasteiger partial charge in [-0.3, -0.25) is 14.4 Å². The van der Waals surface area contributed by atoms with Crippen molar-refractivity contribution in [3.05, 3.63) is 29.3 Å². The first-order valence-corrected chi connectivity index (χ1v) is 10.00. The van der Waals surface area contributed by atoms with Crippen LogP contribution in [0.4, 0.5) is 5.69 Å². The van der Waals surface area contributed by atoms with E-state index >= 15 is 0 Å². The van der Waals surface area contributed by atoms with Crippen LogP contribution < -0.4 is 5.01 Å². The van der Waals surface area contributed by atoms with Crippen LogP contribution in [-0.4, -0.2) is 59.4 Å². The van der Waals surface area contributed by atoms with Crippen molar-refractivity contribution in [1.82, 2.24) is 9.80 Å². The molecule has 0 aromatic heterocycles. The van der Waals surface area contributed by atoms with E-state index < -0.39 is 0 Å². The fraction of sp³-hybridized carbons (Fsp3) is 0.524. The summed E-state index contributed by atoms with van der Waals surface area (Å²) in [4.78, 5) is 41.2. The minimum atomic E-state index is -0.124. The molecular formula is C21H26N4O3. The number of aryl methyl sites for hydroxylation is 2. The van der Waals surface area contributed by atoms with Crippen LogP contribution in [0.3, 0.4) is 0 Å². The SMILES string of the molecule is Cc1ccc(C)c(N2N=C(C(=O)N3CCN(C(=O)C4CC4)CC3)CCC2=O)c1. The second kappa shape index (κ2) is 7.37. The number of benzene rings is 1. The zero-order valence-corrected chi connectivity index (χ0v) is 16.5. The van der Waals surface area contributed by atoms with Crippen LogP contribution in [0.25, 0.3) is 0 Å². The van der Waals surface area contributed by atoms with Gasteiger partial charge in [0.15, 0.2) is 0 Å². The van der Waals surface area contributed by atoms with Gasteiger partial charge in [-0.05, 0) is 43.9 Å². The molecule has 1 aromatic rings. The zero-order chi connectivity index (χ0) is 19.8. The molecule has 0 N–H and O–H groups in total. The standard InChI is InChI=1S/C21H26N4O3/c1-14-3-4-15(2)18(13-14)25-19(26)8-7-17(22-25)21(28)24-11-9-23(10-12-24)20(27)16-5-6-16/h3-4,13,16H,5-12H2,1-2H3. The number of carbonyl (C=O) groups excluding carboxylic acids is 3. The van der Waals surface area contributed by atoms with E-state index in [0.717, 1.165) is 29.7 Å². The van der Waals surface area contributed by atoms with Crippen LogP contribution in [0.2, 0.25) is 0 Å². The van der Waals surface area contributed by atoms with E-state index in [1.54, 1.807) is 4.90 Å². The third-order valence-corrected chi connectivity index (χ3v) is 5.68. The van der Waals surface area contributed by atoms with Crippen molar-refractivity contribution >= 4 is 29.1 Å². The number of carbonyl (C=O) groups is 3. The van der Waals surface area contributed by atoms with E-state index in [4.69, 9.17) is 0 Å². The highest BCUT2D eigenvalue weighted by Crippen LogP contribution is 2.31.